The summed E-state index contributed by atoms with van der Waals surface area (Å²) in [7, 11) is 1.60. The predicted molar refractivity (Wildman–Crippen MR) is 107 cm³/mol. The van der Waals surface area contributed by atoms with Gasteiger partial charge in [0.05, 0.1) is 32.0 Å². The highest BCUT2D eigenvalue weighted by Gasteiger charge is 2.34. The SMILES string of the molecule is CC.COCC(COC(C)C)(COC(C)C)NC(=O)COCCC(C)C. The lowest BCUT2D eigenvalue weighted by atomic mass is 10.0. The number of methoxy groups -OCH3 is 1. The first-order valence-corrected chi connectivity index (χ1v) is 9.81. The van der Waals surface area contributed by atoms with Crippen molar-refractivity contribution in [1.82, 2.24) is 5.32 Å². The first kappa shape index (κ1) is 27.5. The molecule has 0 atom stereocenters. The van der Waals surface area contributed by atoms with Crippen molar-refractivity contribution in [3.8, 4) is 0 Å². The maximum atomic E-state index is 12.3. The lowest BCUT2D eigenvalue weighted by Crippen LogP contribution is -2.59. The molecule has 0 aromatic rings. The second kappa shape index (κ2) is 16.5. The van der Waals surface area contributed by atoms with Crippen molar-refractivity contribution in [1.29, 1.82) is 0 Å². The lowest BCUT2D eigenvalue weighted by Gasteiger charge is -2.35. The Morgan fingerprint density at radius 3 is 1.81 bits per heavy atom. The molecule has 6 heteroatoms. The fourth-order valence-electron chi connectivity index (χ4n) is 1.98. The summed E-state index contributed by atoms with van der Waals surface area (Å²) in [5.41, 5.74) is -0.720. The molecule has 6 nitrogen and oxygen atoms in total. The Balaban J connectivity index is 0. The fourth-order valence-corrected chi connectivity index (χ4v) is 1.98. The van der Waals surface area contributed by atoms with E-state index >= 15 is 0 Å². The first-order chi connectivity index (χ1) is 12.2. The van der Waals surface area contributed by atoms with Crippen LogP contribution in [0.5, 0.6) is 0 Å². The van der Waals surface area contributed by atoms with Gasteiger partial charge in [0.15, 0.2) is 0 Å². The van der Waals surface area contributed by atoms with Crippen molar-refractivity contribution in [2.75, 3.05) is 40.1 Å². The van der Waals surface area contributed by atoms with Crippen LogP contribution >= 0.6 is 0 Å². The van der Waals surface area contributed by atoms with Crippen molar-refractivity contribution in [3.63, 3.8) is 0 Å². The molecule has 0 unspecified atom stereocenters. The van der Waals surface area contributed by atoms with Crippen molar-refractivity contribution in [2.45, 2.75) is 79.6 Å². The Morgan fingerprint density at radius 2 is 1.42 bits per heavy atom. The molecule has 1 amide bonds. The van der Waals surface area contributed by atoms with E-state index in [9.17, 15) is 4.79 Å². The molecule has 0 saturated heterocycles. The van der Waals surface area contributed by atoms with Gasteiger partial charge >= 0.3 is 0 Å². The second-order valence-corrected chi connectivity index (χ2v) is 7.22. The minimum Gasteiger partial charge on any atom is -0.382 e. The summed E-state index contributed by atoms with van der Waals surface area (Å²) < 4.78 is 22.2. The van der Waals surface area contributed by atoms with Crippen LogP contribution in [0.1, 0.15) is 61.8 Å². The predicted octanol–water partition coefficient (Wildman–Crippen LogP) is 3.43. The Labute approximate surface area is 161 Å². The summed E-state index contributed by atoms with van der Waals surface area (Å²) in [5.74, 6) is 0.370. The quantitative estimate of drug-likeness (QED) is 0.470. The lowest BCUT2D eigenvalue weighted by molar-refractivity contribution is -0.133. The van der Waals surface area contributed by atoms with Gasteiger partial charge in [-0.05, 0) is 40.0 Å². The minimum atomic E-state index is -0.720. The third-order valence-electron chi connectivity index (χ3n) is 3.28. The molecule has 26 heavy (non-hydrogen) atoms. The van der Waals surface area contributed by atoms with E-state index in [-0.39, 0.29) is 24.7 Å². The summed E-state index contributed by atoms with van der Waals surface area (Å²) in [6.45, 7) is 17.6. The van der Waals surface area contributed by atoms with Crippen LogP contribution in [0, 0.1) is 5.92 Å². The average Bonchev–Trinajstić information content (AvgIpc) is 2.57. The summed E-state index contributed by atoms with van der Waals surface area (Å²) >= 11 is 0. The third-order valence-corrected chi connectivity index (χ3v) is 3.28. The minimum absolute atomic E-state index is 0.0293. The third kappa shape index (κ3) is 15.6. The summed E-state index contributed by atoms with van der Waals surface area (Å²) in [5, 5.41) is 2.99. The van der Waals surface area contributed by atoms with Gasteiger partial charge in [0.1, 0.15) is 12.1 Å². The Hall–Kier alpha value is -0.690. The number of carbonyl (C=O) groups is 1. The van der Waals surface area contributed by atoms with Gasteiger partial charge in [-0.1, -0.05) is 27.7 Å². The molecule has 0 spiro atoms. The van der Waals surface area contributed by atoms with E-state index in [1.54, 1.807) is 7.11 Å². The van der Waals surface area contributed by atoms with Crippen molar-refractivity contribution < 1.29 is 23.7 Å². The Kier molecular flexibility index (Phi) is 17.4. The van der Waals surface area contributed by atoms with Gasteiger partial charge in [0, 0.05) is 13.7 Å². The van der Waals surface area contributed by atoms with Gasteiger partial charge in [-0.15, -0.1) is 0 Å². The number of carbonyl (C=O) groups excluding carboxylic acids is 1. The molecule has 0 heterocycles. The highest BCUT2D eigenvalue weighted by Crippen LogP contribution is 2.11. The number of nitrogens with one attached hydrogen (secondary N) is 1. The molecule has 0 aromatic heterocycles. The zero-order chi connectivity index (χ0) is 20.6. The van der Waals surface area contributed by atoms with Gasteiger partial charge in [-0.2, -0.15) is 0 Å². The van der Waals surface area contributed by atoms with E-state index in [0.29, 0.717) is 32.3 Å². The maximum Gasteiger partial charge on any atom is 0.246 e. The van der Waals surface area contributed by atoms with E-state index < -0.39 is 5.54 Å². The summed E-state index contributed by atoms with van der Waals surface area (Å²) in [4.78, 5) is 12.3. The van der Waals surface area contributed by atoms with Crippen LogP contribution in [-0.4, -0.2) is 63.8 Å². The van der Waals surface area contributed by atoms with Gasteiger partial charge in [0.25, 0.3) is 0 Å². The molecular weight excluding hydrogens is 334 g/mol. The zero-order valence-electron chi connectivity index (χ0n) is 18.5. The van der Waals surface area contributed by atoms with E-state index in [2.05, 4.69) is 19.2 Å². The normalized spacial score (nSPS) is 11.7. The topological polar surface area (TPSA) is 66.0 Å². The summed E-state index contributed by atoms with van der Waals surface area (Å²) in [6.07, 6.45) is 1.04. The van der Waals surface area contributed by atoms with Gasteiger partial charge < -0.3 is 24.3 Å². The molecule has 0 aliphatic carbocycles. The molecule has 0 radical (unpaired) electrons. The monoisotopic (exact) mass is 377 g/mol. The van der Waals surface area contributed by atoms with Crippen molar-refractivity contribution in [2.24, 2.45) is 5.92 Å². The average molecular weight is 378 g/mol. The Morgan fingerprint density at radius 1 is 0.923 bits per heavy atom. The molecule has 0 saturated carbocycles. The van der Waals surface area contributed by atoms with Crippen molar-refractivity contribution >= 4 is 5.91 Å². The maximum absolute atomic E-state index is 12.3. The molecular formula is C20H43NO5. The van der Waals surface area contributed by atoms with Gasteiger partial charge in [0.2, 0.25) is 5.91 Å². The van der Waals surface area contributed by atoms with E-state index in [0.717, 1.165) is 6.42 Å². The molecule has 0 aliphatic rings. The fraction of sp³-hybridized carbons (Fsp3) is 0.950. The second-order valence-electron chi connectivity index (χ2n) is 7.22. The number of hydrogen-bond donors (Lipinski definition) is 1. The Bertz CT molecular complexity index is 320. The highest BCUT2D eigenvalue weighted by molar-refractivity contribution is 5.78. The molecule has 0 rings (SSSR count). The van der Waals surface area contributed by atoms with Gasteiger partial charge in [-0.3, -0.25) is 4.79 Å². The summed E-state index contributed by atoms with van der Waals surface area (Å²) in [6, 6.07) is 0. The zero-order valence-corrected chi connectivity index (χ0v) is 18.5. The van der Waals surface area contributed by atoms with Crippen LogP contribution in [0.3, 0.4) is 0 Å². The van der Waals surface area contributed by atoms with E-state index in [1.165, 1.54) is 0 Å². The van der Waals surface area contributed by atoms with E-state index in [4.69, 9.17) is 18.9 Å². The number of rotatable bonds is 14. The van der Waals surface area contributed by atoms with Crippen LogP contribution in [-0.2, 0) is 23.7 Å². The van der Waals surface area contributed by atoms with Crippen LogP contribution in [0.25, 0.3) is 0 Å². The van der Waals surface area contributed by atoms with Crippen LogP contribution < -0.4 is 5.32 Å². The molecule has 1 N–H and O–H groups in total. The number of amides is 1. The van der Waals surface area contributed by atoms with Crippen molar-refractivity contribution in [3.05, 3.63) is 0 Å². The molecule has 0 fully saturated rings. The van der Waals surface area contributed by atoms with Crippen LogP contribution in [0.2, 0.25) is 0 Å². The molecule has 0 aromatic carbocycles. The number of ether oxygens (including phenoxy) is 4. The standard InChI is InChI=1S/C18H37NO5.C2H6/c1-14(2)8-9-22-10-17(20)19-18(11-21-7,12-23-15(3)4)13-24-16(5)6;1-2/h14-16H,8-13H2,1-7H3,(H,19,20);1-2H3. The van der Waals surface area contributed by atoms with Crippen LogP contribution in [0.4, 0.5) is 0 Å². The highest BCUT2D eigenvalue weighted by atomic mass is 16.5. The number of hydrogen-bond acceptors (Lipinski definition) is 5. The largest absolute Gasteiger partial charge is 0.382 e. The van der Waals surface area contributed by atoms with Gasteiger partial charge in [-0.25, -0.2) is 0 Å². The molecule has 0 aliphatic heterocycles. The van der Waals surface area contributed by atoms with Crippen LogP contribution in [0.15, 0.2) is 0 Å². The first-order valence-electron chi connectivity index (χ1n) is 9.81. The smallest absolute Gasteiger partial charge is 0.246 e. The molecule has 0 bridgehead atoms. The van der Waals surface area contributed by atoms with E-state index in [1.807, 2.05) is 41.5 Å². The molecule has 158 valence electrons.